The molecule has 0 aromatic carbocycles. The Labute approximate surface area is 111 Å². The van der Waals surface area contributed by atoms with Crippen molar-refractivity contribution in [2.45, 2.75) is 60.0 Å². The second kappa shape index (κ2) is 6.21. The van der Waals surface area contributed by atoms with Crippen LogP contribution in [0.2, 0.25) is 0 Å². The van der Waals surface area contributed by atoms with Crippen LogP contribution in [0.15, 0.2) is 23.8 Å². The monoisotopic (exact) mass is 250 g/mol. The van der Waals surface area contributed by atoms with Crippen LogP contribution in [0.25, 0.3) is 0 Å². The molecule has 0 amide bonds. The lowest BCUT2D eigenvalue weighted by atomic mass is 9.68. The zero-order chi connectivity index (χ0) is 13.8. The van der Waals surface area contributed by atoms with E-state index < -0.39 is 0 Å². The van der Waals surface area contributed by atoms with Crippen molar-refractivity contribution in [2.24, 2.45) is 11.3 Å². The van der Waals surface area contributed by atoms with E-state index in [4.69, 9.17) is 4.74 Å². The molecule has 102 valence electrons. The number of allylic oxidation sites excluding steroid dienone is 3. The van der Waals surface area contributed by atoms with Gasteiger partial charge in [0.05, 0.1) is 0 Å². The molecule has 0 aromatic heterocycles. The maximum Gasteiger partial charge on any atom is 0.303 e. The molecule has 0 heterocycles. The third-order valence-electron chi connectivity index (χ3n) is 3.83. The summed E-state index contributed by atoms with van der Waals surface area (Å²) in [4.78, 5) is 11.0. The molecule has 1 aliphatic carbocycles. The van der Waals surface area contributed by atoms with Crippen LogP contribution in [-0.2, 0) is 9.53 Å². The van der Waals surface area contributed by atoms with Crippen LogP contribution in [0.5, 0.6) is 0 Å². The van der Waals surface area contributed by atoms with Crippen molar-refractivity contribution < 1.29 is 9.53 Å². The van der Waals surface area contributed by atoms with Gasteiger partial charge in [0, 0.05) is 12.8 Å². The summed E-state index contributed by atoms with van der Waals surface area (Å²) in [7, 11) is 0. The molecule has 1 aliphatic rings. The van der Waals surface area contributed by atoms with Gasteiger partial charge in [0.1, 0.15) is 6.10 Å². The zero-order valence-electron chi connectivity index (χ0n) is 12.3. The summed E-state index contributed by atoms with van der Waals surface area (Å²) in [5.41, 5.74) is 1.73. The van der Waals surface area contributed by atoms with Gasteiger partial charge in [-0.05, 0) is 37.7 Å². The Hall–Kier alpha value is -1.05. The van der Waals surface area contributed by atoms with Crippen LogP contribution in [0.1, 0.15) is 53.9 Å². The lowest BCUT2D eigenvalue weighted by Gasteiger charge is -2.36. The molecule has 0 bridgehead atoms. The maximum atomic E-state index is 11.0. The van der Waals surface area contributed by atoms with Crippen molar-refractivity contribution in [3.05, 3.63) is 23.8 Å². The molecule has 18 heavy (non-hydrogen) atoms. The largest absolute Gasteiger partial charge is 0.458 e. The summed E-state index contributed by atoms with van der Waals surface area (Å²) in [5, 5.41) is 0. The van der Waals surface area contributed by atoms with Gasteiger partial charge in [-0.1, -0.05) is 38.5 Å². The highest BCUT2D eigenvalue weighted by Gasteiger charge is 2.30. The van der Waals surface area contributed by atoms with E-state index in [1.165, 1.54) is 25.3 Å². The fourth-order valence-corrected chi connectivity index (χ4v) is 2.69. The smallest absolute Gasteiger partial charge is 0.303 e. The summed E-state index contributed by atoms with van der Waals surface area (Å²) >= 11 is 0. The molecular weight excluding hydrogens is 224 g/mol. The minimum atomic E-state index is -0.207. The summed E-state index contributed by atoms with van der Waals surface area (Å²) in [6, 6.07) is 0. The van der Waals surface area contributed by atoms with E-state index in [0.29, 0.717) is 11.3 Å². The first-order chi connectivity index (χ1) is 8.36. The lowest BCUT2D eigenvalue weighted by molar-refractivity contribution is -0.144. The molecule has 1 rings (SSSR count). The number of rotatable bonds is 4. The van der Waals surface area contributed by atoms with Gasteiger partial charge < -0.3 is 4.74 Å². The predicted octanol–water partition coefficient (Wildman–Crippen LogP) is 4.27. The summed E-state index contributed by atoms with van der Waals surface area (Å²) in [6.45, 7) is 10.3. The normalized spacial score (nSPS) is 24.7. The van der Waals surface area contributed by atoms with Gasteiger partial charge in [0.25, 0.3) is 0 Å². The number of hydrogen-bond acceptors (Lipinski definition) is 2. The van der Waals surface area contributed by atoms with Gasteiger partial charge >= 0.3 is 5.97 Å². The Kier molecular flexibility index (Phi) is 5.18. The Morgan fingerprint density at radius 1 is 1.61 bits per heavy atom. The Bertz CT molecular complexity index is 350. The fraction of sp³-hybridized carbons (Fsp3) is 0.688. The summed E-state index contributed by atoms with van der Waals surface area (Å²) in [5.74, 6) is 0.248. The number of esters is 1. The van der Waals surface area contributed by atoms with E-state index in [0.717, 1.165) is 6.42 Å². The molecule has 0 spiro atoms. The first kappa shape index (κ1) is 15.0. The Balaban J connectivity index is 2.77. The van der Waals surface area contributed by atoms with Crippen molar-refractivity contribution in [3.8, 4) is 0 Å². The zero-order valence-corrected chi connectivity index (χ0v) is 12.3. The molecule has 0 radical (unpaired) electrons. The molecule has 0 aliphatic heterocycles. The molecule has 0 saturated carbocycles. The quantitative estimate of drug-likeness (QED) is 0.550. The second-order valence-electron chi connectivity index (χ2n) is 5.89. The minimum Gasteiger partial charge on any atom is -0.458 e. The first-order valence-electron chi connectivity index (χ1n) is 6.89. The van der Waals surface area contributed by atoms with Crippen molar-refractivity contribution >= 4 is 5.97 Å². The SMILES string of the molecule is CC[C@H](/C=C\[C@@H]1C(C)=CCCC1(C)C)OC(C)=O. The van der Waals surface area contributed by atoms with E-state index in [1.807, 2.05) is 6.92 Å². The molecule has 0 unspecified atom stereocenters. The summed E-state index contributed by atoms with van der Waals surface area (Å²) < 4.78 is 5.25. The third kappa shape index (κ3) is 4.01. The molecule has 0 N–H and O–H groups in total. The molecule has 2 nitrogen and oxygen atoms in total. The molecular formula is C16H26O2. The Morgan fingerprint density at radius 2 is 2.28 bits per heavy atom. The van der Waals surface area contributed by atoms with Gasteiger partial charge in [-0.15, -0.1) is 0 Å². The van der Waals surface area contributed by atoms with Gasteiger partial charge in [-0.2, -0.15) is 0 Å². The molecule has 2 atom stereocenters. The number of ether oxygens (including phenoxy) is 1. The standard InChI is InChI=1S/C16H26O2/c1-6-14(18-13(3)17)9-10-15-12(2)8-7-11-16(15,4)5/h8-10,14-15H,6-7,11H2,1-5H3/b10-9-/t14-,15-/m1/s1. The number of carbonyl (C=O) groups excluding carboxylic acids is 1. The fourth-order valence-electron chi connectivity index (χ4n) is 2.69. The topological polar surface area (TPSA) is 26.3 Å². The highest BCUT2D eigenvalue weighted by Crippen LogP contribution is 2.41. The van der Waals surface area contributed by atoms with E-state index in [2.05, 4.69) is 39.0 Å². The van der Waals surface area contributed by atoms with Crippen molar-refractivity contribution in [1.82, 2.24) is 0 Å². The van der Waals surface area contributed by atoms with Crippen molar-refractivity contribution in [2.75, 3.05) is 0 Å². The van der Waals surface area contributed by atoms with Gasteiger partial charge in [-0.3, -0.25) is 4.79 Å². The summed E-state index contributed by atoms with van der Waals surface area (Å²) in [6.07, 6.45) is 9.72. The van der Waals surface area contributed by atoms with Crippen LogP contribution < -0.4 is 0 Å². The van der Waals surface area contributed by atoms with Crippen molar-refractivity contribution in [1.29, 1.82) is 0 Å². The van der Waals surface area contributed by atoms with Gasteiger partial charge in [-0.25, -0.2) is 0 Å². The Morgan fingerprint density at radius 3 is 2.78 bits per heavy atom. The van der Waals surface area contributed by atoms with Gasteiger partial charge in [0.15, 0.2) is 0 Å². The molecule has 2 heteroatoms. The van der Waals surface area contributed by atoms with Crippen LogP contribution >= 0.6 is 0 Å². The average molecular weight is 250 g/mol. The van der Waals surface area contributed by atoms with Crippen LogP contribution in [0, 0.1) is 11.3 Å². The highest BCUT2D eigenvalue weighted by atomic mass is 16.5. The van der Waals surface area contributed by atoms with E-state index in [9.17, 15) is 4.79 Å². The van der Waals surface area contributed by atoms with E-state index in [-0.39, 0.29) is 12.1 Å². The number of hydrogen-bond donors (Lipinski definition) is 0. The van der Waals surface area contributed by atoms with Gasteiger partial charge in [0.2, 0.25) is 0 Å². The first-order valence-corrected chi connectivity index (χ1v) is 6.89. The third-order valence-corrected chi connectivity index (χ3v) is 3.83. The molecule has 0 fully saturated rings. The van der Waals surface area contributed by atoms with Crippen LogP contribution in [-0.4, -0.2) is 12.1 Å². The van der Waals surface area contributed by atoms with E-state index >= 15 is 0 Å². The molecule has 0 saturated heterocycles. The van der Waals surface area contributed by atoms with E-state index in [1.54, 1.807) is 0 Å². The highest BCUT2D eigenvalue weighted by molar-refractivity contribution is 5.66. The van der Waals surface area contributed by atoms with Crippen LogP contribution in [0.4, 0.5) is 0 Å². The average Bonchev–Trinajstić information content (AvgIpc) is 2.25. The molecule has 0 aromatic rings. The maximum absolute atomic E-state index is 11.0. The number of carbonyl (C=O) groups is 1. The minimum absolute atomic E-state index is 0.0898. The predicted molar refractivity (Wildman–Crippen MR) is 75.2 cm³/mol. The van der Waals surface area contributed by atoms with Crippen LogP contribution in [0.3, 0.4) is 0 Å². The lowest BCUT2D eigenvalue weighted by Crippen LogP contribution is -2.26. The second-order valence-corrected chi connectivity index (χ2v) is 5.89. The van der Waals surface area contributed by atoms with Crippen molar-refractivity contribution in [3.63, 3.8) is 0 Å².